The lowest BCUT2D eigenvalue weighted by atomic mass is 9.71. The highest BCUT2D eigenvalue weighted by Gasteiger charge is 2.52. The molecular weight excluding hydrogens is 438 g/mol. The van der Waals surface area contributed by atoms with Gasteiger partial charge in [0.05, 0.1) is 19.6 Å². The second-order valence-corrected chi connectivity index (χ2v) is 9.08. The van der Waals surface area contributed by atoms with Crippen molar-refractivity contribution in [3.8, 4) is 11.5 Å². The van der Waals surface area contributed by atoms with Crippen LogP contribution in [-0.2, 0) is 16.8 Å². The van der Waals surface area contributed by atoms with Gasteiger partial charge < -0.3 is 19.9 Å². The predicted octanol–water partition coefficient (Wildman–Crippen LogP) is 3.98. The molecule has 164 valence electrons. The van der Waals surface area contributed by atoms with E-state index in [1.807, 2.05) is 29.6 Å². The Morgan fingerprint density at radius 3 is 2.84 bits per heavy atom. The number of rotatable bonds is 7. The summed E-state index contributed by atoms with van der Waals surface area (Å²) in [7, 11) is 3.21. The zero-order valence-electron chi connectivity index (χ0n) is 17.3. The van der Waals surface area contributed by atoms with Crippen LogP contribution >= 0.6 is 22.9 Å². The van der Waals surface area contributed by atoms with Gasteiger partial charge in [0.25, 0.3) is 0 Å². The number of alkyl halides is 1. The Morgan fingerprint density at radius 2 is 2.13 bits per heavy atom. The number of thiophene rings is 1. The summed E-state index contributed by atoms with van der Waals surface area (Å²) in [5.41, 5.74) is -0.244. The van der Waals surface area contributed by atoms with E-state index in [4.69, 9.17) is 21.1 Å². The Kier molecular flexibility index (Phi) is 6.31. The number of fused-ring (bicyclic) bond motifs is 1. The number of carboxylic acids is 1. The van der Waals surface area contributed by atoms with Crippen molar-refractivity contribution in [2.24, 2.45) is 0 Å². The Labute approximate surface area is 189 Å². The SMILES string of the molecule is COc1ccc(CNC2CCC(C(=O)O)(c3ncc4ccsc4n3)C(Cl)C2)cc1OC. The molecule has 2 aromatic heterocycles. The van der Waals surface area contributed by atoms with E-state index in [1.54, 1.807) is 20.4 Å². The van der Waals surface area contributed by atoms with Crippen molar-refractivity contribution in [2.45, 2.75) is 42.6 Å². The third-order valence-corrected chi connectivity index (χ3v) is 7.32. The van der Waals surface area contributed by atoms with Crippen LogP contribution in [0.25, 0.3) is 10.2 Å². The zero-order valence-corrected chi connectivity index (χ0v) is 18.9. The number of benzene rings is 1. The number of halogens is 1. The topological polar surface area (TPSA) is 93.6 Å². The molecule has 9 heteroatoms. The van der Waals surface area contributed by atoms with Gasteiger partial charge in [-0.3, -0.25) is 4.79 Å². The Hall–Kier alpha value is -2.42. The van der Waals surface area contributed by atoms with Crippen LogP contribution in [0.5, 0.6) is 11.5 Å². The van der Waals surface area contributed by atoms with Crippen molar-refractivity contribution < 1.29 is 19.4 Å². The average Bonchev–Trinajstić information content (AvgIpc) is 3.25. The molecule has 4 rings (SSSR count). The minimum absolute atomic E-state index is 0.0912. The fourth-order valence-electron chi connectivity index (χ4n) is 4.12. The fraction of sp³-hybridized carbons (Fsp3) is 0.409. The molecule has 1 aliphatic carbocycles. The van der Waals surface area contributed by atoms with Crippen LogP contribution in [-0.4, -0.2) is 46.7 Å². The Bertz CT molecular complexity index is 1090. The molecule has 7 nitrogen and oxygen atoms in total. The van der Waals surface area contributed by atoms with Crippen LogP contribution in [0.1, 0.15) is 30.7 Å². The zero-order chi connectivity index (χ0) is 22.0. The van der Waals surface area contributed by atoms with E-state index in [-0.39, 0.29) is 6.04 Å². The third kappa shape index (κ3) is 4.07. The van der Waals surface area contributed by atoms with E-state index >= 15 is 0 Å². The highest BCUT2D eigenvalue weighted by Crippen LogP contribution is 2.42. The predicted molar refractivity (Wildman–Crippen MR) is 120 cm³/mol. The maximum Gasteiger partial charge on any atom is 0.318 e. The molecule has 2 heterocycles. The molecule has 1 aliphatic rings. The van der Waals surface area contributed by atoms with Gasteiger partial charge in [-0.1, -0.05) is 6.07 Å². The number of nitrogens with zero attached hydrogens (tertiary/aromatic N) is 2. The van der Waals surface area contributed by atoms with E-state index in [9.17, 15) is 9.90 Å². The van der Waals surface area contributed by atoms with Crippen LogP contribution in [0.15, 0.2) is 35.8 Å². The highest BCUT2D eigenvalue weighted by atomic mass is 35.5. The molecule has 3 atom stereocenters. The molecule has 0 bridgehead atoms. The Morgan fingerprint density at radius 1 is 1.32 bits per heavy atom. The molecule has 1 aromatic carbocycles. The van der Waals surface area contributed by atoms with Crippen molar-refractivity contribution in [3.63, 3.8) is 0 Å². The number of carbonyl (C=O) groups is 1. The first kappa shape index (κ1) is 21.8. The summed E-state index contributed by atoms with van der Waals surface area (Å²) in [5, 5.41) is 15.8. The van der Waals surface area contributed by atoms with E-state index in [0.717, 1.165) is 15.8 Å². The summed E-state index contributed by atoms with van der Waals surface area (Å²) >= 11 is 8.19. The van der Waals surface area contributed by atoms with E-state index in [2.05, 4.69) is 15.3 Å². The van der Waals surface area contributed by atoms with Crippen LogP contribution in [0, 0.1) is 0 Å². The quantitative estimate of drug-likeness (QED) is 0.514. The smallest absolute Gasteiger partial charge is 0.318 e. The summed E-state index contributed by atoms with van der Waals surface area (Å²) in [6.07, 6.45) is 3.22. The lowest BCUT2D eigenvalue weighted by Gasteiger charge is -2.39. The largest absolute Gasteiger partial charge is 0.493 e. The van der Waals surface area contributed by atoms with Crippen LogP contribution in [0.2, 0.25) is 0 Å². The summed E-state index contributed by atoms with van der Waals surface area (Å²) in [5.74, 6) is 0.681. The third-order valence-electron chi connectivity index (χ3n) is 5.94. The molecule has 1 saturated carbocycles. The van der Waals surface area contributed by atoms with Gasteiger partial charge in [-0.15, -0.1) is 22.9 Å². The highest BCUT2D eigenvalue weighted by molar-refractivity contribution is 7.16. The first-order chi connectivity index (χ1) is 15.0. The normalized spacial score (nSPS) is 23.6. The van der Waals surface area contributed by atoms with E-state index in [0.29, 0.717) is 43.1 Å². The van der Waals surface area contributed by atoms with Gasteiger partial charge in [-0.2, -0.15) is 0 Å². The maximum atomic E-state index is 12.4. The van der Waals surface area contributed by atoms with E-state index in [1.165, 1.54) is 11.3 Å². The minimum Gasteiger partial charge on any atom is -0.493 e. The van der Waals surface area contributed by atoms with Gasteiger partial charge in [-0.25, -0.2) is 9.97 Å². The monoisotopic (exact) mass is 461 g/mol. The summed E-state index contributed by atoms with van der Waals surface area (Å²) in [4.78, 5) is 22.1. The number of aliphatic carboxylic acids is 1. The maximum absolute atomic E-state index is 12.4. The lowest BCUT2D eigenvalue weighted by Crippen LogP contribution is -2.52. The fourth-order valence-corrected chi connectivity index (χ4v) is 5.38. The standard InChI is InChI=1S/C22H24ClN3O4S/c1-29-16-4-3-13(9-17(16)30-2)11-24-15-5-7-22(21(27)28,18(23)10-15)20-25-12-14-6-8-31-19(14)26-20/h3-4,6,8-9,12,15,18,24H,5,7,10-11H2,1-2H3,(H,27,28). The summed E-state index contributed by atoms with van der Waals surface area (Å²) in [6.45, 7) is 0.617. The number of hydrogen-bond donors (Lipinski definition) is 2. The first-order valence-corrected chi connectivity index (χ1v) is 11.3. The van der Waals surface area contributed by atoms with Gasteiger partial charge in [0.15, 0.2) is 11.5 Å². The first-order valence-electron chi connectivity index (χ1n) is 10.0. The van der Waals surface area contributed by atoms with Crippen molar-refractivity contribution >= 4 is 39.1 Å². The van der Waals surface area contributed by atoms with Crippen molar-refractivity contribution in [2.75, 3.05) is 14.2 Å². The lowest BCUT2D eigenvalue weighted by molar-refractivity contribution is -0.145. The molecular formula is C22H24ClN3O4S. The van der Waals surface area contributed by atoms with Gasteiger partial charge in [0.1, 0.15) is 16.1 Å². The number of ether oxygens (including phenoxy) is 2. The van der Waals surface area contributed by atoms with Gasteiger partial charge in [-0.05, 0) is 48.4 Å². The minimum atomic E-state index is -1.29. The van der Waals surface area contributed by atoms with Gasteiger partial charge in [0, 0.05) is 24.2 Å². The van der Waals surface area contributed by atoms with Crippen LogP contribution < -0.4 is 14.8 Å². The molecule has 1 fully saturated rings. The van der Waals surface area contributed by atoms with E-state index < -0.39 is 16.8 Å². The van der Waals surface area contributed by atoms with Crippen molar-refractivity contribution in [3.05, 3.63) is 47.2 Å². The van der Waals surface area contributed by atoms with Gasteiger partial charge >= 0.3 is 5.97 Å². The number of nitrogens with one attached hydrogen (secondary N) is 1. The molecule has 0 aliphatic heterocycles. The molecule has 3 aromatic rings. The molecule has 31 heavy (non-hydrogen) atoms. The number of carboxylic acid groups (broad SMARTS) is 1. The van der Waals surface area contributed by atoms with Crippen LogP contribution in [0.4, 0.5) is 0 Å². The number of aromatic nitrogens is 2. The molecule has 3 unspecified atom stereocenters. The van der Waals surface area contributed by atoms with Crippen molar-refractivity contribution in [1.29, 1.82) is 0 Å². The number of methoxy groups -OCH3 is 2. The van der Waals surface area contributed by atoms with Crippen LogP contribution in [0.3, 0.4) is 0 Å². The van der Waals surface area contributed by atoms with Gasteiger partial charge in [0.2, 0.25) is 0 Å². The molecule has 0 radical (unpaired) electrons. The average molecular weight is 462 g/mol. The molecule has 0 saturated heterocycles. The molecule has 2 N–H and O–H groups in total. The van der Waals surface area contributed by atoms with Crippen molar-refractivity contribution in [1.82, 2.24) is 15.3 Å². The number of hydrogen-bond acceptors (Lipinski definition) is 7. The second kappa shape index (κ2) is 8.98. The second-order valence-electron chi connectivity index (χ2n) is 7.66. The molecule has 0 amide bonds. The summed E-state index contributed by atoms with van der Waals surface area (Å²) < 4.78 is 10.6. The Balaban J connectivity index is 1.48. The summed E-state index contributed by atoms with van der Waals surface area (Å²) in [6, 6.07) is 7.78. The molecule has 0 spiro atoms.